The van der Waals surface area contributed by atoms with Crippen LogP contribution in [0.2, 0.25) is 10.0 Å². The molecule has 1 aromatic carbocycles. The van der Waals surface area contributed by atoms with E-state index in [0.29, 0.717) is 28.9 Å². The minimum atomic E-state index is -0.103. The molecule has 0 unspecified atom stereocenters. The summed E-state index contributed by atoms with van der Waals surface area (Å²) in [5, 5.41) is 9.14. The summed E-state index contributed by atoms with van der Waals surface area (Å²) in [5.74, 6) is 0.111. The lowest BCUT2D eigenvalue weighted by atomic mass is 10.1. The largest absolute Gasteiger partial charge is 0.383 e. The number of benzene rings is 1. The van der Waals surface area contributed by atoms with Crippen LogP contribution in [0.4, 0.5) is 0 Å². The maximum atomic E-state index is 12.2. The molecule has 2 rings (SSSR count). The molecule has 0 atom stereocenters. The lowest BCUT2D eigenvalue weighted by Crippen LogP contribution is -2.07. The highest BCUT2D eigenvalue weighted by Gasteiger charge is 2.14. The summed E-state index contributed by atoms with van der Waals surface area (Å²) in [4.78, 5) is 12.2. The van der Waals surface area contributed by atoms with Gasteiger partial charge in [-0.25, -0.2) is 0 Å². The molecule has 0 aliphatic heterocycles. The summed E-state index contributed by atoms with van der Waals surface area (Å²) in [7, 11) is 1.63. The number of methoxy groups -OCH3 is 1. The number of Topliss-reactive ketones (excluding diaryl/α,β-unsaturated/α-hetero) is 1. The van der Waals surface area contributed by atoms with E-state index in [9.17, 15) is 4.79 Å². The van der Waals surface area contributed by atoms with Crippen molar-refractivity contribution in [2.75, 3.05) is 19.5 Å². The van der Waals surface area contributed by atoms with Crippen LogP contribution in [0.25, 0.3) is 0 Å². The van der Waals surface area contributed by atoms with E-state index in [1.807, 2.05) is 4.57 Å². The van der Waals surface area contributed by atoms with Crippen molar-refractivity contribution in [3.8, 4) is 0 Å². The Morgan fingerprint density at radius 2 is 2.24 bits per heavy atom. The van der Waals surface area contributed by atoms with Gasteiger partial charge in [-0.1, -0.05) is 41.0 Å². The third-order valence-corrected chi connectivity index (χ3v) is 4.50. The molecule has 0 aliphatic rings. The van der Waals surface area contributed by atoms with E-state index >= 15 is 0 Å². The maximum absolute atomic E-state index is 12.2. The minimum Gasteiger partial charge on any atom is -0.383 e. The Balaban J connectivity index is 2.01. The fourth-order valence-electron chi connectivity index (χ4n) is 1.63. The van der Waals surface area contributed by atoms with E-state index in [4.69, 9.17) is 27.9 Å². The van der Waals surface area contributed by atoms with Crippen LogP contribution in [-0.2, 0) is 11.3 Å². The number of carbonyl (C=O) groups is 1. The van der Waals surface area contributed by atoms with Gasteiger partial charge in [0.15, 0.2) is 10.9 Å². The number of rotatable bonds is 7. The molecule has 0 aliphatic carbocycles. The highest BCUT2D eigenvalue weighted by atomic mass is 35.5. The molecule has 8 heteroatoms. The number of nitrogens with zero attached hydrogens (tertiary/aromatic N) is 3. The standard InChI is InChI=1S/C13H13Cl2N3O2S/c1-20-6-5-18-8-16-17-13(18)21-7-11(19)9-3-2-4-10(14)12(9)15/h2-4,8H,5-7H2,1H3. The monoisotopic (exact) mass is 345 g/mol. The third kappa shape index (κ3) is 4.20. The highest BCUT2D eigenvalue weighted by molar-refractivity contribution is 7.99. The summed E-state index contributed by atoms with van der Waals surface area (Å²) in [6.45, 7) is 1.19. The average Bonchev–Trinajstić information content (AvgIpc) is 2.93. The SMILES string of the molecule is COCCn1cnnc1SCC(=O)c1cccc(Cl)c1Cl. The molecule has 1 heterocycles. The molecular weight excluding hydrogens is 333 g/mol. The summed E-state index contributed by atoms with van der Waals surface area (Å²) in [5.41, 5.74) is 0.416. The first-order valence-electron chi connectivity index (χ1n) is 6.10. The van der Waals surface area contributed by atoms with Crippen LogP contribution < -0.4 is 0 Å². The molecule has 1 aromatic heterocycles. The number of ketones is 1. The van der Waals surface area contributed by atoms with Crippen molar-refractivity contribution < 1.29 is 9.53 Å². The minimum absolute atomic E-state index is 0.103. The molecule has 0 saturated heterocycles. The Kier molecular flexibility index (Phi) is 6.05. The lowest BCUT2D eigenvalue weighted by molar-refractivity contribution is 0.102. The molecule has 0 amide bonds. The zero-order valence-corrected chi connectivity index (χ0v) is 13.6. The van der Waals surface area contributed by atoms with Crippen LogP contribution in [-0.4, -0.2) is 40.0 Å². The second kappa shape index (κ2) is 7.79. The Bertz CT molecular complexity index is 634. The van der Waals surface area contributed by atoms with Gasteiger partial charge in [-0.2, -0.15) is 0 Å². The lowest BCUT2D eigenvalue weighted by Gasteiger charge is -2.06. The molecule has 2 aromatic rings. The molecule has 0 bridgehead atoms. The number of carbonyl (C=O) groups excluding carboxylic acids is 1. The molecule has 112 valence electrons. The zero-order valence-electron chi connectivity index (χ0n) is 11.3. The predicted octanol–water partition coefficient (Wildman–Crippen LogP) is 3.21. The maximum Gasteiger partial charge on any atom is 0.191 e. The van der Waals surface area contributed by atoms with Crippen molar-refractivity contribution in [1.29, 1.82) is 0 Å². The Morgan fingerprint density at radius 1 is 1.43 bits per heavy atom. The number of thioether (sulfide) groups is 1. The van der Waals surface area contributed by atoms with E-state index in [0.717, 1.165) is 0 Å². The second-order valence-corrected chi connectivity index (χ2v) is 5.84. The van der Waals surface area contributed by atoms with Gasteiger partial charge in [-0.3, -0.25) is 4.79 Å². The Morgan fingerprint density at radius 3 is 3.00 bits per heavy atom. The molecule has 0 radical (unpaired) electrons. The summed E-state index contributed by atoms with van der Waals surface area (Å²) < 4.78 is 6.84. The fraction of sp³-hybridized carbons (Fsp3) is 0.308. The predicted molar refractivity (Wildman–Crippen MR) is 83.4 cm³/mol. The van der Waals surface area contributed by atoms with Crippen molar-refractivity contribution in [2.24, 2.45) is 0 Å². The van der Waals surface area contributed by atoms with Gasteiger partial charge in [0.2, 0.25) is 0 Å². The second-order valence-electron chi connectivity index (χ2n) is 4.11. The normalized spacial score (nSPS) is 10.8. The third-order valence-electron chi connectivity index (χ3n) is 2.70. The number of ether oxygens (including phenoxy) is 1. The Labute approximate surface area is 136 Å². The number of aromatic nitrogens is 3. The zero-order chi connectivity index (χ0) is 15.2. The van der Waals surface area contributed by atoms with Crippen LogP contribution in [0.15, 0.2) is 29.7 Å². The van der Waals surface area contributed by atoms with Crippen LogP contribution >= 0.6 is 35.0 Å². The van der Waals surface area contributed by atoms with Crippen LogP contribution in [0.1, 0.15) is 10.4 Å². The first-order valence-corrected chi connectivity index (χ1v) is 7.84. The van der Waals surface area contributed by atoms with Crippen molar-refractivity contribution in [3.63, 3.8) is 0 Å². The molecule has 0 saturated carbocycles. The van der Waals surface area contributed by atoms with Crippen molar-refractivity contribution in [2.45, 2.75) is 11.7 Å². The van der Waals surface area contributed by atoms with Gasteiger partial charge in [0.25, 0.3) is 0 Å². The topological polar surface area (TPSA) is 57.0 Å². The van der Waals surface area contributed by atoms with Crippen molar-refractivity contribution in [3.05, 3.63) is 40.1 Å². The van der Waals surface area contributed by atoms with Gasteiger partial charge in [0, 0.05) is 19.2 Å². The molecule has 0 N–H and O–H groups in total. The van der Waals surface area contributed by atoms with E-state index in [-0.39, 0.29) is 16.6 Å². The smallest absolute Gasteiger partial charge is 0.191 e. The first-order chi connectivity index (χ1) is 10.1. The molecule has 21 heavy (non-hydrogen) atoms. The van der Waals surface area contributed by atoms with E-state index in [1.54, 1.807) is 31.6 Å². The summed E-state index contributed by atoms with van der Waals surface area (Å²) in [6, 6.07) is 5.01. The average molecular weight is 346 g/mol. The van der Waals surface area contributed by atoms with Gasteiger partial charge in [-0.15, -0.1) is 10.2 Å². The van der Waals surface area contributed by atoms with Crippen molar-refractivity contribution >= 4 is 40.7 Å². The summed E-state index contributed by atoms with van der Waals surface area (Å²) >= 11 is 13.2. The molecular formula is C13H13Cl2N3O2S. The van der Waals surface area contributed by atoms with E-state index in [1.165, 1.54) is 11.8 Å². The molecule has 0 fully saturated rings. The number of hydrogen-bond acceptors (Lipinski definition) is 5. The quantitative estimate of drug-likeness (QED) is 0.569. The number of hydrogen-bond donors (Lipinski definition) is 0. The van der Waals surface area contributed by atoms with Crippen molar-refractivity contribution in [1.82, 2.24) is 14.8 Å². The van der Waals surface area contributed by atoms with Gasteiger partial charge >= 0.3 is 0 Å². The van der Waals surface area contributed by atoms with E-state index < -0.39 is 0 Å². The van der Waals surface area contributed by atoms with Crippen LogP contribution in [0.5, 0.6) is 0 Å². The van der Waals surface area contributed by atoms with Gasteiger partial charge in [0.1, 0.15) is 6.33 Å². The first kappa shape index (κ1) is 16.3. The molecule has 0 spiro atoms. The van der Waals surface area contributed by atoms with Gasteiger partial charge in [-0.05, 0) is 12.1 Å². The fourth-order valence-corrected chi connectivity index (χ4v) is 2.86. The van der Waals surface area contributed by atoms with Gasteiger partial charge < -0.3 is 9.30 Å². The van der Waals surface area contributed by atoms with Gasteiger partial charge in [0.05, 0.1) is 22.4 Å². The summed E-state index contributed by atoms with van der Waals surface area (Å²) in [6.07, 6.45) is 1.61. The Hall–Kier alpha value is -1.08. The number of halogens is 2. The highest BCUT2D eigenvalue weighted by Crippen LogP contribution is 2.27. The van der Waals surface area contributed by atoms with Crippen LogP contribution in [0, 0.1) is 0 Å². The molecule has 5 nitrogen and oxygen atoms in total. The van der Waals surface area contributed by atoms with Crippen LogP contribution in [0.3, 0.4) is 0 Å². The van der Waals surface area contributed by atoms with E-state index in [2.05, 4.69) is 10.2 Å².